The molecule has 0 bridgehead atoms. The molecule has 5 N–H and O–H groups in total. The van der Waals surface area contributed by atoms with Gasteiger partial charge in [0, 0.05) is 41.7 Å². The molecule has 2 aromatic heterocycles. The second-order valence-corrected chi connectivity index (χ2v) is 11.6. The minimum atomic E-state index is -0.632. The number of nitrogens with zero attached hydrogens (tertiary/aromatic N) is 5. The predicted molar refractivity (Wildman–Crippen MR) is 149 cm³/mol. The molecule has 4 heterocycles. The van der Waals surface area contributed by atoms with Gasteiger partial charge in [0.1, 0.15) is 17.9 Å². The third-order valence-corrected chi connectivity index (χ3v) is 8.53. The summed E-state index contributed by atoms with van der Waals surface area (Å²) < 4.78 is 23.3. The Balaban J connectivity index is 1.51. The predicted octanol–water partition coefficient (Wildman–Crippen LogP) is 3.65. The Hall–Kier alpha value is -2.83. The van der Waals surface area contributed by atoms with Crippen LogP contribution in [-0.2, 0) is 0 Å². The number of likely N-dealkylation sites (N-methyl/N-ethyl adjacent to an activating group) is 1. The summed E-state index contributed by atoms with van der Waals surface area (Å²) in [7, 11) is 2.06. The normalized spacial score (nSPS) is 22.6. The number of hydrogen-bond donors (Lipinski definition) is 3. The van der Waals surface area contributed by atoms with E-state index in [-0.39, 0.29) is 34.2 Å². The number of fused-ring (bicyclic) bond motifs is 2. The Bertz CT molecular complexity index is 1510. The van der Waals surface area contributed by atoms with Gasteiger partial charge >= 0.3 is 6.01 Å². The van der Waals surface area contributed by atoms with Gasteiger partial charge in [-0.2, -0.15) is 9.97 Å². The number of piperidine rings is 1. The number of aliphatic hydroxyl groups excluding tert-OH is 1. The molecule has 0 amide bonds. The molecule has 3 atom stereocenters. The van der Waals surface area contributed by atoms with Crippen LogP contribution < -0.4 is 21.1 Å². The zero-order chi connectivity index (χ0) is 26.6. The quantitative estimate of drug-likeness (QED) is 0.337. The third-order valence-electron chi connectivity index (χ3n) is 7.38. The fraction of sp³-hybridized carbons (Fsp3) is 0.423. The fourth-order valence-electron chi connectivity index (χ4n) is 5.52. The van der Waals surface area contributed by atoms with Crippen molar-refractivity contribution in [1.82, 2.24) is 19.9 Å². The molecular formula is C26H29ClFN7O2S. The van der Waals surface area contributed by atoms with Crippen molar-refractivity contribution in [1.29, 1.82) is 0 Å². The van der Waals surface area contributed by atoms with E-state index in [0.717, 1.165) is 24.1 Å². The molecule has 2 aliphatic rings. The van der Waals surface area contributed by atoms with Crippen LogP contribution in [0.4, 0.5) is 15.3 Å². The Labute approximate surface area is 228 Å². The highest BCUT2D eigenvalue weighted by Gasteiger charge is 2.29. The maximum atomic E-state index is 16.4. The van der Waals surface area contributed by atoms with Gasteiger partial charge in [-0.05, 0) is 45.0 Å². The highest BCUT2D eigenvalue weighted by atomic mass is 35.5. The summed E-state index contributed by atoms with van der Waals surface area (Å²) in [4.78, 5) is 17.7. The highest BCUT2D eigenvalue weighted by Crippen LogP contribution is 2.42. The van der Waals surface area contributed by atoms with E-state index in [9.17, 15) is 5.11 Å². The van der Waals surface area contributed by atoms with Crippen LogP contribution in [0, 0.1) is 5.82 Å². The first-order valence-corrected chi connectivity index (χ1v) is 13.8. The van der Waals surface area contributed by atoms with Crippen molar-refractivity contribution in [2.24, 2.45) is 5.73 Å². The van der Waals surface area contributed by atoms with Gasteiger partial charge < -0.3 is 31.1 Å². The summed E-state index contributed by atoms with van der Waals surface area (Å²) in [6, 6.07) is 7.20. The molecule has 0 radical (unpaired) electrons. The number of ether oxygens (including phenoxy) is 1. The molecule has 4 aromatic rings. The molecule has 38 heavy (non-hydrogen) atoms. The van der Waals surface area contributed by atoms with E-state index in [1.807, 2.05) is 17.0 Å². The number of hydrogen-bond acceptors (Lipinski definition) is 10. The second-order valence-electron chi connectivity index (χ2n) is 10.1. The Kier molecular flexibility index (Phi) is 6.73. The topological polar surface area (TPSA) is 127 Å². The molecule has 2 aliphatic heterocycles. The molecule has 0 saturated carbocycles. The number of nitrogens with two attached hydrogens (primary N) is 2. The van der Waals surface area contributed by atoms with E-state index in [1.54, 1.807) is 12.1 Å². The van der Waals surface area contributed by atoms with Crippen molar-refractivity contribution in [2.75, 3.05) is 43.9 Å². The molecule has 6 rings (SSSR count). The van der Waals surface area contributed by atoms with E-state index in [4.69, 9.17) is 27.8 Å². The van der Waals surface area contributed by atoms with Crippen LogP contribution in [-0.4, -0.2) is 76.4 Å². The minimum Gasteiger partial charge on any atom is -0.462 e. The fourth-order valence-corrected chi connectivity index (χ4v) is 6.58. The monoisotopic (exact) mass is 557 g/mol. The number of benzene rings is 2. The number of rotatable bonds is 5. The number of thiazole rings is 1. The van der Waals surface area contributed by atoms with Crippen LogP contribution in [0.1, 0.15) is 19.3 Å². The van der Waals surface area contributed by atoms with Crippen molar-refractivity contribution in [3.05, 3.63) is 35.1 Å². The molecule has 0 spiro atoms. The lowest BCUT2D eigenvalue weighted by molar-refractivity contribution is 0.145. The number of β-amino-alcohol motifs (C(OH)–C–C–N with tert-alkyl or cyclic N) is 1. The summed E-state index contributed by atoms with van der Waals surface area (Å²) in [6.45, 7) is 2.16. The first-order valence-electron chi connectivity index (χ1n) is 12.6. The van der Waals surface area contributed by atoms with Gasteiger partial charge in [-0.1, -0.05) is 35.1 Å². The van der Waals surface area contributed by atoms with Gasteiger partial charge in [0.15, 0.2) is 10.9 Å². The van der Waals surface area contributed by atoms with Crippen LogP contribution >= 0.6 is 22.9 Å². The lowest BCUT2D eigenvalue weighted by Crippen LogP contribution is -2.49. The zero-order valence-electron chi connectivity index (χ0n) is 20.9. The third kappa shape index (κ3) is 4.62. The van der Waals surface area contributed by atoms with Crippen molar-refractivity contribution in [3.8, 4) is 17.1 Å². The standard InChI is InChI=1S/C26H29ClFN7O2S/c1-34-7-3-4-14(34)12-37-26-32-23-17(24(33-26)35-10-13(29)8-15(36)11-35)9-18(27)20(21(23)28)16-5-2-6-19-22(16)31-25(30)38-19/h2,5-6,9,13-15,36H,3-4,7-8,10-12,29H2,1H3,(H2,30,31)/t13?,14-,15?/m0/s1. The van der Waals surface area contributed by atoms with Gasteiger partial charge in [-0.15, -0.1) is 0 Å². The minimum absolute atomic E-state index is 0.0738. The molecule has 2 aromatic carbocycles. The molecule has 2 unspecified atom stereocenters. The maximum Gasteiger partial charge on any atom is 0.319 e. The number of aromatic nitrogens is 3. The molecule has 200 valence electrons. The van der Waals surface area contributed by atoms with Crippen LogP contribution in [0.3, 0.4) is 0 Å². The van der Waals surface area contributed by atoms with Gasteiger partial charge in [0.25, 0.3) is 0 Å². The molecule has 0 aliphatic carbocycles. The van der Waals surface area contributed by atoms with Crippen molar-refractivity contribution in [3.63, 3.8) is 0 Å². The zero-order valence-corrected chi connectivity index (χ0v) is 22.5. The van der Waals surface area contributed by atoms with Crippen LogP contribution in [0.15, 0.2) is 24.3 Å². The summed E-state index contributed by atoms with van der Waals surface area (Å²) in [5, 5.41) is 11.4. The number of anilines is 2. The summed E-state index contributed by atoms with van der Waals surface area (Å²) >= 11 is 8.07. The van der Waals surface area contributed by atoms with Gasteiger partial charge in [-0.3, -0.25) is 0 Å². The lowest BCUT2D eigenvalue weighted by Gasteiger charge is -2.35. The Morgan fingerprint density at radius 3 is 2.84 bits per heavy atom. The maximum absolute atomic E-state index is 16.4. The second kappa shape index (κ2) is 10.0. The first-order chi connectivity index (χ1) is 18.3. The van der Waals surface area contributed by atoms with Crippen molar-refractivity contribution < 1.29 is 14.2 Å². The SMILES string of the molecule is CN1CCC[C@H]1COc1nc(N2CC(N)CC(O)C2)c2cc(Cl)c(-c3cccc4sc(N)nc34)c(F)c2n1. The highest BCUT2D eigenvalue weighted by molar-refractivity contribution is 7.22. The van der Waals surface area contributed by atoms with Crippen LogP contribution in [0.25, 0.3) is 32.2 Å². The van der Waals surface area contributed by atoms with Crippen LogP contribution in [0.5, 0.6) is 6.01 Å². The number of nitrogen functional groups attached to an aromatic ring is 1. The number of likely N-dealkylation sites (tertiary alicyclic amines) is 1. The van der Waals surface area contributed by atoms with E-state index >= 15 is 4.39 Å². The van der Waals surface area contributed by atoms with Gasteiger partial charge in [-0.25, -0.2) is 9.37 Å². The van der Waals surface area contributed by atoms with Crippen LogP contribution in [0.2, 0.25) is 5.02 Å². The molecule has 2 saturated heterocycles. The summed E-state index contributed by atoms with van der Waals surface area (Å²) in [5.41, 5.74) is 13.5. The molecule has 9 nitrogen and oxygen atoms in total. The van der Waals surface area contributed by atoms with Gasteiger partial charge in [0.2, 0.25) is 0 Å². The average molecular weight is 558 g/mol. The Morgan fingerprint density at radius 1 is 1.24 bits per heavy atom. The number of halogens is 2. The van der Waals surface area contributed by atoms with E-state index in [1.165, 1.54) is 11.3 Å². The summed E-state index contributed by atoms with van der Waals surface area (Å²) in [6.07, 6.45) is 1.96. The van der Waals surface area contributed by atoms with Gasteiger partial charge in [0.05, 0.1) is 21.3 Å². The summed E-state index contributed by atoms with van der Waals surface area (Å²) in [5.74, 6) is -0.164. The van der Waals surface area contributed by atoms with E-state index < -0.39 is 11.9 Å². The number of aliphatic hydroxyl groups is 1. The smallest absolute Gasteiger partial charge is 0.319 e. The van der Waals surface area contributed by atoms with E-state index in [0.29, 0.717) is 53.5 Å². The lowest BCUT2D eigenvalue weighted by atomic mass is 10.0. The van der Waals surface area contributed by atoms with E-state index in [2.05, 4.69) is 26.9 Å². The average Bonchev–Trinajstić information content (AvgIpc) is 3.46. The first kappa shape index (κ1) is 25.4. The molecule has 2 fully saturated rings. The van der Waals surface area contributed by atoms with Crippen molar-refractivity contribution in [2.45, 2.75) is 37.5 Å². The number of para-hydroxylation sites is 1. The molecule has 12 heteroatoms. The van der Waals surface area contributed by atoms with Crippen molar-refractivity contribution >= 4 is 55.0 Å². The largest absolute Gasteiger partial charge is 0.462 e. The molecular weight excluding hydrogens is 529 g/mol. The Morgan fingerprint density at radius 2 is 2.08 bits per heavy atom.